The highest BCUT2D eigenvalue weighted by atomic mass is 32.2. The number of hydrogen-bond donors (Lipinski definition) is 0. The van der Waals surface area contributed by atoms with Crippen molar-refractivity contribution in [1.82, 2.24) is 0 Å². The van der Waals surface area contributed by atoms with E-state index in [-0.39, 0.29) is 5.97 Å². The number of esters is 1. The van der Waals surface area contributed by atoms with E-state index in [1.54, 1.807) is 12.1 Å². The highest BCUT2D eigenvalue weighted by Gasteiger charge is 2.36. The number of benzene rings is 1. The molecule has 0 bridgehead atoms. The van der Waals surface area contributed by atoms with Gasteiger partial charge in [0.25, 0.3) is 0 Å². The van der Waals surface area contributed by atoms with Crippen LogP contribution in [0.4, 0.5) is 13.2 Å². The van der Waals surface area contributed by atoms with Crippen molar-refractivity contribution in [1.29, 1.82) is 0 Å². The van der Waals surface area contributed by atoms with Gasteiger partial charge in [-0.1, -0.05) is 17.7 Å². The molecule has 0 atom stereocenters. The first-order valence-corrected chi connectivity index (χ1v) is 7.36. The lowest BCUT2D eigenvalue weighted by Crippen LogP contribution is -2.23. The molecule has 0 aliphatic heterocycles. The summed E-state index contributed by atoms with van der Waals surface area (Å²) >= 11 is 0. The maximum atomic E-state index is 11.5. The minimum Gasteiger partial charge on any atom is -0.741 e. The molecule has 22 heavy (non-hydrogen) atoms. The van der Waals surface area contributed by atoms with Crippen LogP contribution in [0.2, 0.25) is 0 Å². The molecule has 0 fully saturated rings. The zero-order chi connectivity index (χ0) is 17.8. The number of hydrogen-bond acceptors (Lipinski definition) is 5. The predicted octanol–water partition coefficient (Wildman–Crippen LogP) is 3.00. The third-order valence-electron chi connectivity index (χ3n) is 1.97. The molecular weight excluding hydrogens is 325 g/mol. The zero-order valence-electron chi connectivity index (χ0n) is 12.4. The van der Waals surface area contributed by atoms with Gasteiger partial charge in [0, 0.05) is 0 Å². The number of ether oxygens (including phenoxy) is 1. The third-order valence-corrected chi connectivity index (χ3v) is 2.54. The Labute approximate surface area is 126 Å². The highest BCUT2D eigenvalue weighted by Crippen LogP contribution is 2.20. The monoisotopic (exact) mass is 341 g/mol. The zero-order valence-corrected chi connectivity index (χ0v) is 13.2. The van der Waals surface area contributed by atoms with E-state index in [4.69, 9.17) is 17.7 Å². The van der Waals surface area contributed by atoms with Crippen molar-refractivity contribution in [2.24, 2.45) is 0 Å². The number of alkyl halides is 3. The minimum atomic E-state index is -6.09. The molecule has 1 rings (SSSR count). The van der Waals surface area contributed by atoms with Crippen molar-refractivity contribution in [2.75, 3.05) is 0 Å². The highest BCUT2D eigenvalue weighted by molar-refractivity contribution is 7.86. The summed E-state index contributed by atoms with van der Waals surface area (Å²) in [7, 11) is -6.09. The quantitative estimate of drug-likeness (QED) is 0.445. The molecule has 0 unspecified atom stereocenters. The van der Waals surface area contributed by atoms with Crippen LogP contribution in [0.15, 0.2) is 24.3 Å². The van der Waals surface area contributed by atoms with Crippen LogP contribution < -0.4 is 0 Å². The van der Waals surface area contributed by atoms with Crippen molar-refractivity contribution < 1.29 is 35.7 Å². The van der Waals surface area contributed by atoms with E-state index in [9.17, 15) is 18.0 Å². The Balaban J connectivity index is 0.000000472. The van der Waals surface area contributed by atoms with Crippen LogP contribution in [-0.2, 0) is 14.9 Å². The Hall–Kier alpha value is -1.61. The van der Waals surface area contributed by atoms with Crippen molar-refractivity contribution in [3.8, 4) is 0 Å². The van der Waals surface area contributed by atoms with Gasteiger partial charge in [-0.05, 0) is 39.8 Å². The number of rotatable bonds is 1. The van der Waals surface area contributed by atoms with Gasteiger partial charge in [-0.3, -0.25) is 0 Å². The van der Waals surface area contributed by atoms with Gasteiger partial charge in [-0.25, -0.2) is 13.2 Å². The average Bonchev–Trinajstić information content (AvgIpc) is 2.25. The van der Waals surface area contributed by atoms with Crippen LogP contribution in [-0.4, -0.2) is 30.0 Å². The standard InChI is InChI=1S/C12H16O2.CHF3O3S/c1-9-5-7-10(8-6-9)11(13)14-12(2,3)4;2-1(3,4)8(5,6)7/h5-8H,1-4H3;(H,5,6,7)/p-1. The van der Waals surface area contributed by atoms with Gasteiger partial charge in [0.1, 0.15) is 5.60 Å². The Morgan fingerprint density at radius 3 is 1.73 bits per heavy atom. The Bertz CT molecular complexity index is 598. The number of carbonyl (C=O) groups excluding carboxylic acids is 1. The summed E-state index contributed by atoms with van der Waals surface area (Å²) in [6.45, 7) is 7.57. The van der Waals surface area contributed by atoms with E-state index >= 15 is 0 Å². The summed E-state index contributed by atoms with van der Waals surface area (Å²) in [6.07, 6.45) is 0. The molecule has 0 aliphatic rings. The second-order valence-corrected chi connectivity index (χ2v) is 6.64. The normalized spacial score (nSPS) is 12.2. The van der Waals surface area contributed by atoms with E-state index in [0.29, 0.717) is 5.56 Å². The van der Waals surface area contributed by atoms with Crippen LogP contribution >= 0.6 is 0 Å². The number of aryl methyl sites for hydroxylation is 1. The van der Waals surface area contributed by atoms with E-state index < -0.39 is 21.2 Å². The maximum Gasteiger partial charge on any atom is 0.485 e. The van der Waals surface area contributed by atoms with Crippen LogP contribution in [0.1, 0.15) is 36.7 Å². The first kappa shape index (κ1) is 20.4. The van der Waals surface area contributed by atoms with Gasteiger partial charge >= 0.3 is 11.5 Å². The van der Waals surface area contributed by atoms with Gasteiger partial charge in [0.2, 0.25) is 0 Å². The lowest BCUT2D eigenvalue weighted by Gasteiger charge is -2.19. The molecule has 126 valence electrons. The van der Waals surface area contributed by atoms with E-state index in [0.717, 1.165) is 5.56 Å². The molecule has 0 spiro atoms. The molecule has 0 heterocycles. The van der Waals surface area contributed by atoms with Gasteiger partial charge in [0.15, 0.2) is 10.1 Å². The lowest BCUT2D eigenvalue weighted by molar-refractivity contribution is -0.0518. The Morgan fingerprint density at radius 2 is 1.45 bits per heavy atom. The predicted molar refractivity (Wildman–Crippen MR) is 72.1 cm³/mol. The van der Waals surface area contributed by atoms with E-state index in [1.807, 2.05) is 39.8 Å². The van der Waals surface area contributed by atoms with Crippen LogP contribution in [0.5, 0.6) is 0 Å². The summed E-state index contributed by atoms with van der Waals surface area (Å²) in [6, 6.07) is 7.37. The summed E-state index contributed by atoms with van der Waals surface area (Å²) in [4.78, 5) is 11.5. The largest absolute Gasteiger partial charge is 0.741 e. The topological polar surface area (TPSA) is 83.5 Å². The molecule has 0 saturated heterocycles. The van der Waals surface area contributed by atoms with E-state index in [2.05, 4.69) is 0 Å². The van der Waals surface area contributed by atoms with Gasteiger partial charge in [0.05, 0.1) is 5.56 Å². The molecular formula is C13H16F3O5S-. The fraction of sp³-hybridized carbons (Fsp3) is 0.462. The van der Waals surface area contributed by atoms with Gasteiger partial charge in [-0.2, -0.15) is 13.2 Å². The molecule has 0 N–H and O–H groups in total. The van der Waals surface area contributed by atoms with Crippen LogP contribution in [0.3, 0.4) is 0 Å². The fourth-order valence-electron chi connectivity index (χ4n) is 1.03. The summed E-state index contributed by atoms with van der Waals surface area (Å²) in [5.41, 5.74) is -4.34. The molecule has 0 amide bonds. The Morgan fingerprint density at radius 1 is 1.09 bits per heavy atom. The second-order valence-electron chi connectivity index (χ2n) is 5.27. The molecule has 9 heteroatoms. The first-order valence-electron chi connectivity index (χ1n) is 5.95. The molecule has 0 saturated carbocycles. The van der Waals surface area contributed by atoms with Crippen LogP contribution in [0, 0.1) is 6.92 Å². The third kappa shape index (κ3) is 7.99. The molecule has 1 aromatic rings. The summed E-state index contributed by atoms with van der Waals surface area (Å²) in [5, 5.41) is 0. The van der Waals surface area contributed by atoms with Crippen molar-refractivity contribution in [3.63, 3.8) is 0 Å². The smallest absolute Gasteiger partial charge is 0.485 e. The van der Waals surface area contributed by atoms with Crippen molar-refractivity contribution >= 4 is 16.1 Å². The van der Waals surface area contributed by atoms with Crippen LogP contribution in [0.25, 0.3) is 0 Å². The first-order chi connectivity index (χ1) is 9.63. The second kappa shape index (κ2) is 7.10. The molecule has 0 aromatic heterocycles. The molecule has 5 nitrogen and oxygen atoms in total. The molecule has 0 aliphatic carbocycles. The summed E-state index contributed by atoms with van der Waals surface area (Å²) < 4.78 is 64.1. The SMILES string of the molecule is Cc1ccc(C(=O)OC(C)(C)C)cc1.O=S(=O)([O-])C(F)(F)F. The summed E-state index contributed by atoms with van der Waals surface area (Å²) in [5.74, 6) is -0.266. The number of carbonyl (C=O) groups is 1. The molecule has 1 aromatic carbocycles. The van der Waals surface area contributed by atoms with Crippen molar-refractivity contribution in [3.05, 3.63) is 35.4 Å². The molecule has 0 radical (unpaired) electrons. The van der Waals surface area contributed by atoms with E-state index in [1.165, 1.54) is 0 Å². The van der Waals surface area contributed by atoms with Gasteiger partial charge < -0.3 is 9.29 Å². The lowest BCUT2D eigenvalue weighted by atomic mass is 10.1. The Kier molecular flexibility index (Phi) is 6.58. The number of halogens is 3. The van der Waals surface area contributed by atoms with Crippen molar-refractivity contribution in [2.45, 2.75) is 38.8 Å². The fourth-order valence-corrected chi connectivity index (χ4v) is 1.03. The minimum absolute atomic E-state index is 0.266. The maximum absolute atomic E-state index is 11.5. The average molecular weight is 341 g/mol. The van der Waals surface area contributed by atoms with Gasteiger partial charge in [-0.15, -0.1) is 0 Å².